The van der Waals surface area contributed by atoms with Crippen LogP contribution in [0.4, 0.5) is 0 Å². The molecule has 0 aliphatic heterocycles. The van der Waals surface area contributed by atoms with Crippen LogP contribution in [0.3, 0.4) is 0 Å². The van der Waals surface area contributed by atoms with Gasteiger partial charge in [-0.1, -0.05) is 0 Å². The molecule has 0 saturated carbocycles. The van der Waals surface area contributed by atoms with Gasteiger partial charge in [-0.15, -0.1) is 0 Å². The van der Waals surface area contributed by atoms with Gasteiger partial charge in [0.1, 0.15) is 6.61 Å². The molecule has 0 aromatic carbocycles. The first-order valence-electron chi connectivity index (χ1n) is 4.82. The molecule has 0 atom stereocenters. The Morgan fingerprint density at radius 2 is 2.07 bits per heavy atom. The van der Waals surface area contributed by atoms with Gasteiger partial charge in [-0.3, -0.25) is 9.59 Å². The van der Waals surface area contributed by atoms with Crippen LogP contribution in [0.25, 0.3) is 0 Å². The van der Waals surface area contributed by atoms with E-state index < -0.39 is 0 Å². The average Bonchev–Trinajstić information content (AvgIpc) is 2.08. The lowest BCUT2D eigenvalue weighted by atomic mass is 10.2. The molecule has 0 aliphatic carbocycles. The highest BCUT2D eigenvalue weighted by Crippen LogP contribution is 1.99. The minimum atomic E-state index is -0.326. The topological polar surface area (TPSA) is 48.3 Å². The molecule has 0 unspecified atom stereocenters. The fourth-order valence-electron chi connectivity index (χ4n) is 1.46. The molecule has 1 rings (SSSR count). The summed E-state index contributed by atoms with van der Waals surface area (Å²) < 4.78 is 6.38. The Hall–Kier alpha value is -1.58. The number of aryl methyl sites for hydroxylation is 2. The molecular weight excluding hydrogens is 194 g/mol. The molecule has 0 saturated heterocycles. The van der Waals surface area contributed by atoms with Crippen molar-refractivity contribution < 1.29 is 9.53 Å². The highest BCUT2D eigenvalue weighted by molar-refractivity contribution is 5.65. The molecule has 0 radical (unpaired) electrons. The smallest absolute Gasteiger partial charge is 0.302 e. The monoisotopic (exact) mass is 209 g/mol. The molecule has 4 nitrogen and oxygen atoms in total. The second-order valence-electron chi connectivity index (χ2n) is 3.50. The van der Waals surface area contributed by atoms with E-state index in [1.807, 2.05) is 19.9 Å². The van der Waals surface area contributed by atoms with Crippen LogP contribution in [0.5, 0.6) is 0 Å². The number of aromatic nitrogens is 1. The van der Waals surface area contributed by atoms with E-state index in [4.69, 9.17) is 4.74 Å². The SMILES string of the molecule is CC(=O)OCCn1c(C)cc(C)cc1=O. The number of ether oxygens (including phenoxy) is 1. The van der Waals surface area contributed by atoms with Gasteiger partial charge in [0.25, 0.3) is 5.56 Å². The zero-order valence-corrected chi connectivity index (χ0v) is 9.24. The van der Waals surface area contributed by atoms with E-state index in [1.54, 1.807) is 10.6 Å². The average molecular weight is 209 g/mol. The highest BCUT2D eigenvalue weighted by Gasteiger charge is 2.01. The van der Waals surface area contributed by atoms with Gasteiger partial charge in [-0.05, 0) is 25.5 Å². The summed E-state index contributed by atoms with van der Waals surface area (Å²) in [6, 6.07) is 3.50. The van der Waals surface area contributed by atoms with Gasteiger partial charge in [0.15, 0.2) is 0 Å². The number of carbonyl (C=O) groups is 1. The lowest BCUT2D eigenvalue weighted by molar-refractivity contribution is -0.141. The van der Waals surface area contributed by atoms with Crippen LogP contribution in [-0.2, 0) is 16.1 Å². The summed E-state index contributed by atoms with van der Waals surface area (Å²) in [7, 11) is 0. The van der Waals surface area contributed by atoms with Crippen molar-refractivity contribution in [1.82, 2.24) is 4.57 Å². The number of carbonyl (C=O) groups excluding carboxylic acids is 1. The summed E-state index contributed by atoms with van der Waals surface area (Å²) in [4.78, 5) is 22.1. The molecule has 1 aromatic heterocycles. The number of nitrogens with zero attached hydrogens (tertiary/aromatic N) is 1. The van der Waals surface area contributed by atoms with E-state index in [-0.39, 0.29) is 18.1 Å². The zero-order chi connectivity index (χ0) is 11.4. The highest BCUT2D eigenvalue weighted by atomic mass is 16.5. The van der Waals surface area contributed by atoms with Crippen molar-refractivity contribution in [2.24, 2.45) is 0 Å². The molecule has 4 heteroatoms. The van der Waals surface area contributed by atoms with Crippen LogP contribution in [0.2, 0.25) is 0 Å². The van der Waals surface area contributed by atoms with Gasteiger partial charge in [0.05, 0.1) is 6.54 Å². The summed E-state index contributed by atoms with van der Waals surface area (Å²) in [6.07, 6.45) is 0. The van der Waals surface area contributed by atoms with Crippen molar-refractivity contribution in [3.63, 3.8) is 0 Å². The molecule has 0 bridgehead atoms. The minimum absolute atomic E-state index is 0.0559. The maximum Gasteiger partial charge on any atom is 0.302 e. The summed E-state index contributed by atoms with van der Waals surface area (Å²) in [6.45, 7) is 5.74. The van der Waals surface area contributed by atoms with Crippen molar-refractivity contribution >= 4 is 5.97 Å². The lowest BCUT2D eigenvalue weighted by Crippen LogP contribution is -2.24. The van der Waals surface area contributed by atoms with Crippen LogP contribution in [0, 0.1) is 13.8 Å². The van der Waals surface area contributed by atoms with Crippen molar-refractivity contribution in [1.29, 1.82) is 0 Å². The molecule has 0 spiro atoms. The first-order valence-corrected chi connectivity index (χ1v) is 4.82. The Balaban J connectivity index is 2.77. The molecule has 1 heterocycles. The van der Waals surface area contributed by atoms with Gasteiger partial charge in [-0.25, -0.2) is 0 Å². The summed E-state index contributed by atoms with van der Waals surface area (Å²) >= 11 is 0. The first-order chi connectivity index (χ1) is 7.00. The van der Waals surface area contributed by atoms with Crippen LogP contribution in [0.1, 0.15) is 18.2 Å². The number of rotatable bonds is 3. The van der Waals surface area contributed by atoms with Crippen molar-refractivity contribution in [2.45, 2.75) is 27.3 Å². The van der Waals surface area contributed by atoms with Crippen molar-refractivity contribution in [3.8, 4) is 0 Å². The molecule has 0 fully saturated rings. The maximum absolute atomic E-state index is 11.6. The maximum atomic E-state index is 11.6. The van der Waals surface area contributed by atoms with E-state index in [0.29, 0.717) is 6.54 Å². The van der Waals surface area contributed by atoms with Gasteiger partial charge >= 0.3 is 5.97 Å². The van der Waals surface area contributed by atoms with Crippen LogP contribution in [-0.4, -0.2) is 17.1 Å². The third-order valence-corrected chi connectivity index (χ3v) is 2.10. The van der Waals surface area contributed by atoms with Gasteiger partial charge in [0.2, 0.25) is 0 Å². The Labute approximate surface area is 88.5 Å². The molecule has 82 valence electrons. The van der Waals surface area contributed by atoms with Gasteiger partial charge < -0.3 is 9.30 Å². The Kier molecular flexibility index (Phi) is 3.66. The van der Waals surface area contributed by atoms with Crippen LogP contribution >= 0.6 is 0 Å². The van der Waals surface area contributed by atoms with Crippen molar-refractivity contribution in [2.75, 3.05) is 6.61 Å². The Morgan fingerprint density at radius 3 is 2.60 bits per heavy atom. The molecule has 0 amide bonds. The Bertz CT molecular complexity index is 420. The number of hydrogen-bond donors (Lipinski definition) is 0. The Morgan fingerprint density at radius 1 is 1.40 bits per heavy atom. The quantitative estimate of drug-likeness (QED) is 0.698. The van der Waals surface area contributed by atoms with E-state index >= 15 is 0 Å². The van der Waals surface area contributed by atoms with E-state index in [1.165, 1.54) is 6.92 Å². The predicted molar refractivity (Wildman–Crippen MR) is 56.8 cm³/mol. The fourth-order valence-corrected chi connectivity index (χ4v) is 1.46. The number of pyridine rings is 1. The largest absolute Gasteiger partial charge is 0.464 e. The second-order valence-corrected chi connectivity index (χ2v) is 3.50. The molecule has 0 N–H and O–H groups in total. The lowest BCUT2D eigenvalue weighted by Gasteiger charge is -2.10. The van der Waals surface area contributed by atoms with Gasteiger partial charge in [0, 0.05) is 18.7 Å². The normalized spacial score (nSPS) is 10.1. The van der Waals surface area contributed by atoms with E-state index in [0.717, 1.165) is 11.3 Å². The van der Waals surface area contributed by atoms with Crippen LogP contribution in [0.15, 0.2) is 16.9 Å². The fraction of sp³-hybridized carbons (Fsp3) is 0.455. The predicted octanol–water partition coefficient (Wildman–Crippen LogP) is 1.03. The van der Waals surface area contributed by atoms with Gasteiger partial charge in [-0.2, -0.15) is 0 Å². The summed E-state index contributed by atoms with van der Waals surface area (Å²) in [5.74, 6) is -0.326. The molecule has 15 heavy (non-hydrogen) atoms. The molecular formula is C11H15NO3. The molecule has 1 aromatic rings. The zero-order valence-electron chi connectivity index (χ0n) is 9.24. The van der Waals surface area contributed by atoms with E-state index in [9.17, 15) is 9.59 Å². The second kappa shape index (κ2) is 4.77. The first kappa shape index (κ1) is 11.5. The third kappa shape index (κ3) is 3.23. The van der Waals surface area contributed by atoms with Crippen LogP contribution < -0.4 is 5.56 Å². The van der Waals surface area contributed by atoms with Crippen molar-refractivity contribution in [3.05, 3.63) is 33.7 Å². The third-order valence-electron chi connectivity index (χ3n) is 2.10. The van der Waals surface area contributed by atoms with E-state index in [2.05, 4.69) is 0 Å². The number of hydrogen-bond acceptors (Lipinski definition) is 3. The molecule has 0 aliphatic rings. The summed E-state index contributed by atoms with van der Waals surface area (Å²) in [5, 5.41) is 0. The summed E-state index contributed by atoms with van der Waals surface area (Å²) in [5.41, 5.74) is 1.77. The minimum Gasteiger partial charge on any atom is -0.464 e. The number of esters is 1. The standard InChI is InChI=1S/C11H15NO3/c1-8-6-9(2)12(11(14)7-8)4-5-15-10(3)13/h6-7H,4-5H2,1-3H3.